The number of thiophene rings is 1. The minimum absolute atomic E-state index is 0.134. The fourth-order valence-corrected chi connectivity index (χ4v) is 2.30. The average Bonchev–Trinajstić information content (AvgIpc) is 2.57. The first kappa shape index (κ1) is 8.38. The zero-order valence-corrected chi connectivity index (χ0v) is 8.04. The summed E-state index contributed by atoms with van der Waals surface area (Å²) in [5.74, 6) is -0.0000463. The van der Waals surface area contributed by atoms with Gasteiger partial charge in [-0.1, -0.05) is 6.07 Å². The van der Waals surface area contributed by atoms with Crippen molar-refractivity contribution in [3.05, 3.63) is 34.7 Å². The molecule has 0 radical (unpaired) electrons. The summed E-state index contributed by atoms with van der Waals surface area (Å²) >= 11 is 1.60. The molecule has 1 atom stereocenters. The number of rotatable bonds is 1. The topological polar surface area (TPSA) is 29.4 Å². The van der Waals surface area contributed by atoms with E-state index in [2.05, 4.69) is 4.99 Å². The third-order valence-electron chi connectivity index (χ3n) is 2.05. The van der Waals surface area contributed by atoms with Gasteiger partial charge in [0.15, 0.2) is 5.78 Å². The second kappa shape index (κ2) is 3.26. The number of hydrogen-bond acceptors (Lipinski definition) is 3. The molecule has 0 saturated heterocycles. The molecule has 3 heteroatoms. The van der Waals surface area contributed by atoms with Crippen LogP contribution >= 0.6 is 11.3 Å². The maximum atomic E-state index is 11.5. The number of hydrogen-bond donors (Lipinski definition) is 0. The van der Waals surface area contributed by atoms with Crippen LogP contribution in [0.25, 0.3) is 0 Å². The van der Waals surface area contributed by atoms with Crippen molar-refractivity contribution in [3.63, 3.8) is 0 Å². The fraction of sp³-hybridized carbons (Fsp3) is 0.200. The van der Waals surface area contributed by atoms with Crippen molar-refractivity contribution in [2.75, 3.05) is 0 Å². The molecule has 0 bridgehead atoms. The van der Waals surface area contributed by atoms with Crippen molar-refractivity contribution < 1.29 is 4.79 Å². The summed E-state index contributed by atoms with van der Waals surface area (Å²) in [4.78, 5) is 16.8. The molecule has 0 aliphatic carbocycles. The highest BCUT2D eigenvalue weighted by atomic mass is 32.1. The molecule has 1 aliphatic rings. The molecule has 2 nitrogen and oxygen atoms in total. The van der Waals surface area contributed by atoms with Crippen LogP contribution in [-0.4, -0.2) is 11.5 Å². The highest BCUT2D eigenvalue weighted by Gasteiger charge is 2.24. The number of carbonyl (C=O) groups is 1. The first-order valence-electron chi connectivity index (χ1n) is 4.07. The molecule has 66 valence electrons. The van der Waals surface area contributed by atoms with Crippen molar-refractivity contribution in [3.8, 4) is 0 Å². The molecule has 0 spiro atoms. The number of carbonyl (C=O) groups excluding carboxylic acids is 1. The van der Waals surface area contributed by atoms with E-state index in [0.717, 1.165) is 10.6 Å². The van der Waals surface area contributed by atoms with Crippen molar-refractivity contribution in [2.24, 2.45) is 4.99 Å². The molecule has 2 rings (SSSR count). The second-order valence-electron chi connectivity index (χ2n) is 2.94. The van der Waals surface area contributed by atoms with Crippen LogP contribution in [0.3, 0.4) is 0 Å². The third kappa shape index (κ3) is 1.47. The molecule has 0 aromatic carbocycles. The zero-order valence-electron chi connectivity index (χ0n) is 7.23. The smallest absolute Gasteiger partial charge is 0.171 e. The molecule has 1 unspecified atom stereocenters. The predicted molar refractivity (Wildman–Crippen MR) is 54.3 cm³/mol. The Morgan fingerprint density at radius 3 is 3.00 bits per heavy atom. The quantitative estimate of drug-likeness (QED) is 0.670. The molecule has 0 N–H and O–H groups in total. The van der Waals surface area contributed by atoms with Crippen molar-refractivity contribution in [2.45, 2.75) is 12.8 Å². The van der Waals surface area contributed by atoms with Gasteiger partial charge in [0.05, 0.1) is 5.92 Å². The van der Waals surface area contributed by atoms with Gasteiger partial charge in [0, 0.05) is 22.9 Å². The van der Waals surface area contributed by atoms with Gasteiger partial charge in [-0.2, -0.15) is 0 Å². The van der Waals surface area contributed by atoms with E-state index in [9.17, 15) is 4.79 Å². The van der Waals surface area contributed by atoms with Crippen LogP contribution < -0.4 is 0 Å². The SMILES string of the molecule is CC1=NC=CC(=O)C1c1cccs1. The Morgan fingerprint density at radius 1 is 1.54 bits per heavy atom. The summed E-state index contributed by atoms with van der Waals surface area (Å²) in [5.41, 5.74) is 0.884. The molecule has 0 saturated carbocycles. The van der Waals surface area contributed by atoms with E-state index in [4.69, 9.17) is 0 Å². The van der Waals surface area contributed by atoms with Crippen LogP contribution in [0.2, 0.25) is 0 Å². The van der Waals surface area contributed by atoms with Crippen LogP contribution in [0.5, 0.6) is 0 Å². The number of ketones is 1. The average molecular weight is 191 g/mol. The van der Waals surface area contributed by atoms with Crippen molar-refractivity contribution in [1.29, 1.82) is 0 Å². The maximum Gasteiger partial charge on any atom is 0.171 e. The van der Waals surface area contributed by atoms with E-state index in [-0.39, 0.29) is 11.7 Å². The Bertz CT molecular complexity index is 376. The van der Waals surface area contributed by atoms with Gasteiger partial charge in [0.25, 0.3) is 0 Å². The van der Waals surface area contributed by atoms with Crippen LogP contribution in [-0.2, 0) is 4.79 Å². The molecule has 0 fully saturated rings. The lowest BCUT2D eigenvalue weighted by atomic mass is 9.95. The summed E-state index contributed by atoms with van der Waals surface area (Å²) in [7, 11) is 0. The molecular formula is C10H9NOS. The van der Waals surface area contributed by atoms with Gasteiger partial charge in [-0.05, 0) is 18.4 Å². The number of allylic oxidation sites excluding steroid dienone is 1. The minimum atomic E-state index is -0.134. The molecule has 1 aliphatic heterocycles. The molecule has 2 heterocycles. The van der Waals surface area contributed by atoms with Crippen molar-refractivity contribution >= 4 is 22.8 Å². The first-order chi connectivity index (χ1) is 6.29. The van der Waals surface area contributed by atoms with Crippen molar-refractivity contribution in [1.82, 2.24) is 0 Å². The van der Waals surface area contributed by atoms with Gasteiger partial charge in [-0.15, -0.1) is 11.3 Å². The summed E-state index contributed by atoms with van der Waals surface area (Å²) in [6.07, 6.45) is 3.11. The third-order valence-corrected chi connectivity index (χ3v) is 2.98. The van der Waals surface area contributed by atoms with E-state index in [1.54, 1.807) is 17.5 Å². The minimum Gasteiger partial charge on any atom is -0.294 e. The predicted octanol–water partition coefficient (Wildman–Crippen LogP) is 2.39. The summed E-state index contributed by atoms with van der Waals surface area (Å²) in [5, 5.41) is 1.98. The summed E-state index contributed by atoms with van der Waals surface area (Å²) < 4.78 is 0. The van der Waals surface area contributed by atoms with Gasteiger partial charge < -0.3 is 0 Å². The molecule has 0 amide bonds. The first-order valence-corrected chi connectivity index (χ1v) is 4.95. The molecule has 13 heavy (non-hydrogen) atoms. The van der Waals surface area contributed by atoms with Gasteiger partial charge >= 0.3 is 0 Å². The molecular weight excluding hydrogens is 182 g/mol. The van der Waals surface area contributed by atoms with Crippen LogP contribution in [0, 0.1) is 0 Å². The summed E-state index contributed by atoms with van der Waals surface area (Å²) in [6.45, 7) is 1.89. The largest absolute Gasteiger partial charge is 0.294 e. The standard InChI is InChI=1S/C10H9NOS/c1-7-10(8(12)4-5-11-7)9-3-2-6-13-9/h2-6,10H,1H3. The maximum absolute atomic E-state index is 11.5. The van der Waals surface area contributed by atoms with Gasteiger partial charge in [0.2, 0.25) is 0 Å². The van der Waals surface area contributed by atoms with Gasteiger partial charge in [-0.25, -0.2) is 0 Å². The van der Waals surface area contributed by atoms with Crippen LogP contribution in [0.4, 0.5) is 0 Å². The Labute approximate surface area is 80.6 Å². The zero-order chi connectivity index (χ0) is 9.26. The highest BCUT2D eigenvalue weighted by molar-refractivity contribution is 7.10. The lowest BCUT2D eigenvalue weighted by Crippen LogP contribution is -2.19. The van der Waals surface area contributed by atoms with E-state index in [1.807, 2.05) is 24.4 Å². The number of aliphatic imine (C=N–C) groups is 1. The normalized spacial score (nSPS) is 21.8. The Hall–Kier alpha value is -1.22. The molecule has 1 aromatic rings. The second-order valence-corrected chi connectivity index (χ2v) is 3.92. The van der Waals surface area contributed by atoms with E-state index in [1.165, 1.54) is 6.08 Å². The Balaban J connectivity index is 2.39. The summed E-state index contributed by atoms with van der Waals surface area (Å²) in [6, 6.07) is 3.93. The van der Waals surface area contributed by atoms with E-state index in [0.29, 0.717) is 0 Å². The molecule has 1 aromatic heterocycles. The van der Waals surface area contributed by atoms with E-state index < -0.39 is 0 Å². The van der Waals surface area contributed by atoms with E-state index >= 15 is 0 Å². The van der Waals surface area contributed by atoms with Gasteiger partial charge in [-0.3, -0.25) is 9.79 Å². The fourth-order valence-electron chi connectivity index (χ4n) is 1.41. The lowest BCUT2D eigenvalue weighted by Gasteiger charge is -2.13. The number of nitrogens with zero attached hydrogens (tertiary/aromatic N) is 1. The van der Waals surface area contributed by atoms with Gasteiger partial charge in [0.1, 0.15) is 0 Å². The Kier molecular flexibility index (Phi) is 2.10. The monoisotopic (exact) mass is 191 g/mol. The highest BCUT2D eigenvalue weighted by Crippen LogP contribution is 2.26. The van der Waals surface area contributed by atoms with Crippen LogP contribution in [0.1, 0.15) is 17.7 Å². The lowest BCUT2D eigenvalue weighted by molar-refractivity contribution is -0.114. The Morgan fingerprint density at radius 2 is 2.38 bits per heavy atom. The van der Waals surface area contributed by atoms with Crippen LogP contribution in [0.15, 0.2) is 34.8 Å².